The SMILES string of the molecule is COc1c(C)c[n+]([O-])c(Cn2nc(C(C)C)c3c(Cl)nc(N)nc32)c1C. The van der Waals surface area contributed by atoms with Crippen molar-refractivity contribution in [3.8, 4) is 5.75 Å². The van der Waals surface area contributed by atoms with Gasteiger partial charge in [0.05, 0.1) is 29.3 Å². The van der Waals surface area contributed by atoms with Crippen LogP contribution in [0.4, 0.5) is 5.95 Å². The molecule has 3 rings (SSSR count). The molecule has 0 aliphatic heterocycles. The van der Waals surface area contributed by atoms with E-state index in [1.165, 1.54) is 6.20 Å². The van der Waals surface area contributed by atoms with Crippen LogP contribution in [0.25, 0.3) is 11.0 Å². The third-order valence-corrected chi connectivity index (χ3v) is 4.62. The fourth-order valence-electron chi connectivity index (χ4n) is 3.14. The molecule has 0 saturated heterocycles. The molecule has 0 bridgehead atoms. The summed E-state index contributed by atoms with van der Waals surface area (Å²) >= 11 is 6.29. The molecule has 0 atom stereocenters. The van der Waals surface area contributed by atoms with Crippen LogP contribution < -0.4 is 15.2 Å². The molecule has 0 saturated carbocycles. The standard InChI is InChI=1S/C17H21ClN6O2/c1-8(2)13-12-15(18)20-17(19)21-16(12)23(22-13)7-11-10(4)14(26-5)9(3)6-24(11)25/h6,8H,7H2,1-5H3,(H2,19,20,21). The van der Waals surface area contributed by atoms with Crippen LogP contribution in [0.1, 0.15) is 42.3 Å². The Labute approximate surface area is 156 Å². The lowest BCUT2D eigenvalue weighted by molar-refractivity contribution is -0.615. The number of rotatable bonds is 4. The van der Waals surface area contributed by atoms with E-state index in [9.17, 15) is 5.21 Å². The van der Waals surface area contributed by atoms with Gasteiger partial charge < -0.3 is 15.7 Å². The smallest absolute Gasteiger partial charge is 0.223 e. The number of nitrogen functional groups attached to an aromatic ring is 1. The number of pyridine rings is 1. The number of nitrogens with two attached hydrogens (primary N) is 1. The summed E-state index contributed by atoms with van der Waals surface area (Å²) in [5.74, 6) is 0.850. The summed E-state index contributed by atoms with van der Waals surface area (Å²) in [7, 11) is 1.59. The van der Waals surface area contributed by atoms with E-state index in [-0.39, 0.29) is 23.6 Å². The molecule has 0 aromatic carbocycles. The largest absolute Gasteiger partial charge is 0.618 e. The van der Waals surface area contributed by atoms with Gasteiger partial charge in [-0.05, 0) is 19.8 Å². The van der Waals surface area contributed by atoms with Crippen molar-refractivity contribution in [2.24, 2.45) is 0 Å². The van der Waals surface area contributed by atoms with Gasteiger partial charge in [-0.25, -0.2) is 9.67 Å². The quantitative estimate of drug-likeness (QED) is 0.426. The summed E-state index contributed by atoms with van der Waals surface area (Å²) in [5, 5.41) is 18.0. The van der Waals surface area contributed by atoms with Crippen LogP contribution in [-0.4, -0.2) is 26.9 Å². The second kappa shape index (κ2) is 6.60. The maximum atomic E-state index is 12.5. The molecule has 2 N–H and O–H groups in total. The van der Waals surface area contributed by atoms with Gasteiger partial charge in [0.25, 0.3) is 0 Å². The predicted octanol–water partition coefficient (Wildman–Crippen LogP) is 2.49. The zero-order valence-electron chi connectivity index (χ0n) is 15.4. The van der Waals surface area contributed by atoms with Crippen molar-refractivity contribution in [1.82, 2.24) is 19.7 Å². The fraction of sp³-hybridized carbons (Fsp3) is 0.412. The van der Waals surface area contributed by atoms with Crippen molar-refractivity contribution < 1.29 is 9.47 Å². The van der Waals surface area contributed by atoms with E-state index >= 15 is 0 Å². The molecule has 8 nitrogen and oxygen atoms in total. The highest BCUT2D eigenvalue weighted by Crippen LogP contribution is 2.30. The molecule has 0 aliphatic rings. The maximum Gasteiger partial charge on any atom is 0.223 e. The van der Waals surface area contributed by atoms with Crippen LogP contribution in [0.2, 0.25) is 5.15 Å². The Bertz CT molecular complexity index is 999. The van der Waals surface area contributed by atoms with Gasteiger partial charge >= 0.3 is 0 Å². The number of fused-ring (bicyclic) bond motifs is 1. The number of halogens is 1. The summed E-state index contributed by atoms with van der Waals surface area (Å²) < 4.78 is 7.90. The van der Waals surface area contributed by atoms with Crippen molar-refractivity contribution in [3.05, 3.63) is 39.1 Å². The summed E-state index contributed by atoms with van der Waals surface area (Å²) in [4.78, 5) is 8.33. The molecule has 3 heterocycles. The van der Waals surface area contributed by atoms with Crippen molar-refractivity contribution in [2.45, 2.75) is 40.2 Å². The minimum Gasteiger partial charge on any atom is -0.618 e. The Morgan fingerprint density at radius 3 is 2.65 bits per heavy atom. The second-order valence-electron chi connectivity index (χ2n) is 6.51. The van der Waals surface area contributed by atoms with Crippen LogP contribution in [0.5, 0.6) is 5.75 Å². The first-order valence-electron chi connectivity index (χ1n) is 8.20. The highest BCUT2D eigenvalue weighted by Gasteiger charge is 2.23. The third-order valence-electron chi connectivity index (χ3n) is 4.35. The average molecular weight is 377 g/mol. The molecule has 0 spiro atoms. The van der Waals surface area contributed by atoms with E-state index in [0.717, 1.165) is 21.6 Å². The molecular weight excluding hydrogens is 356 g/mol. The molecule has 138 valence electrons. The zero-order chi connectivity index (χ0) is 19.2. The van der Waals surface area contributed by atoms with Gasteiger partial charge in [-0.1, -0.05) is 25.4 Å². The third kappa shape index (κ3) is 2.90. The minimum absolute atomic E-state index is 0.0622. The van der Waals surface area contributed by atoms with Crippen LogP contribution in [-0.2, 0) is 6.54 Å². The van der Waals surface area contributed by atoms with Crippen molar-refractivity contribution in [3.63, 3.8) is 0 Å². The molecule has 0 radical (unpaired) electrons. The number of aromatic nitrogens is 5. The van der Waals surface area contributed by atoms with Gasteiger partial charge in [-0.3, -0.25) is 0 Å². The Balaban J connectivity index is 2.22. The molecule has 0 aliphatic carbocycles. The number of methoxy groups -OCH3 is 1. The second-order valence-corrected chi connectivity index (χ2v) is 6.87. The lowest BCUT2D eigenvalue weighted by Crippen LogP contribution is -2.35. The summed E-state index contributed by atoms with van der Waals surface area (Å²) in [6, 6.07) is 0. The van der Waals surface area contributed by atoms with Crippen LogP contribution in [0.3, 0.4) is 0 Å². The van der Waals surface area contributed by atoms with E-state index in [1.807, 2.05) is 27.7 Å². The maximum absolute atomic E-state index is 12.5. The Morgan fingerprint density at radius 1 is 1.35 bits per heavy atom. The van der Waals surface area contributed by atoms with Gasteiger partial charge in [0.2, 0.25) is 11.6 Å². The number of nitrogens with zero attached hydrogens (tertiary/aromatic N) is 5. The van der Waals surface area contributed by atoms with Gasteiger partial charge in [0.15, 0.2) is 11.8 Å². The van der Waals surface area contributed by atoms with Crippen LogP contribution in [0, 0.1) is 19.1 Å². The molecule has 3 aromatic heterocycles. The van der Waals surface area contributed by atoms with Gasteiger partial charge in [0.1, 0.15) is 17.4 Å². The topological polar surface area (TPSA) is 106 Å². The lowest BCUT2D eigenvalue weighted by atomic mass is 10.1. The highest BCUT2D eigenvalue weighted by molar-refractivity contribution is 6.34. The number of hydrogen-bond donors (Lipinski definition) is 1. The monoisotopic (exact) mass is 376 g/mol. The first-order chi connectivity index (χ1) is 12.2. The molecule has 0 amide bonds. The first-order valence-corrected chi connectivity index (χ1v) is 8.58. The zero-order valence-corrected chi connectivity index (χ0v) is 16.1. The summed E-state index contributed by atoms with van der Waals surface area (Å²) in [6.07, 6.45) is 1.49. The highest BCUT2D eigenvalue weighted by atomic mass is 35.5. The Morgan fingerprint density at radius 2 is 2.04 bits per heavy atom. The van der Waals surface area contributed by atoms with Crippen LogP contribution >= 0.6 is 11.6 Å². The van der Waals surface area contributed by atoms with Gasteiger partial charge in [-0.2, -0.15) is 14.8 Å². The molecular formula is C17H21ClN6O2. The molecule has 9 heteroatoms. The van der Waals surface area contributed by atoms with Gasteiger partial charge in [0, 0.05) is 0 Å². The first kappa shape index (κ1) is 18.2. The number of ether oxygens (including phenoxy) is 1. The summed E-state index contributed by atoms with van der Waals surface area (Å²) in [6.45, 7) is 7.90. The number of anilines is 1. The Kier molecular flexibility index (Phi) is 4.62. The number of hydrogen-bond acceptors (Lipinski definition) is 6. The molecule has 0 fully saturated rings. The van der Waals surface area contributed by atoms with E-state index in [0.29, 0.717) is 22.5 Å². The van der Waals surface area contributed by atoms with Crippen molar-refractivity contribution >= 4 is 28.6 Å². The van der Waals surface area contributed by atoms with Crippen molar-refractivity contribution in [2.75, 3.05) is 12.8 Å². The molecule has 3 aromatic rings. The minimum atomic E-state index is 0.0622. The predicted molar refractivity (Wildman–Crippen MR) is 99.4 cm³/mol. The summed E-state index contributed by atoms with van der Waals surface area (Å²) in [5.41, 5.74) is 9.07. The van der Waals surface area contributed by atoms with E-state index in [2.05, 4.69) is 15.1 Å². The van der Waals surface area contributed by atoms with E-state index in [1.54, 1.807) is 11.8 Å². The molecule has 0 unspecified atom stereocenters. The molecule has 26 heavy (non-hydrogen) atoms. The average Bonchev–Trinajstić information content (AvgIpc) is 2.90. The number of aryl methyl sites for hydroxylation is 1. The normalized spacial score (nSPS) is 11.5. The fourth-order valence-corrected chi connectivity index (χ4v) is 3.40. The Hall–Kier alpha value is -2.61. The van der Waals surface area contributed by atoms with Crippen molar-refractivity contribution in [1.29, 1.82) is 0 Å². The van der Waals surface area contributed by atoms with Gasteiger partial charge in [-0.15, -0.1) is 0 Å². The van der Waals surface area contributed by atoms with E-state index < -0.39 is 0 Å². The van der Waals surface area contributed by atoms with E-state index in [4.69, 9.17) is 22.1 Å². The lowest BCUT2D eigenvalue weighted by Gasteiger charge is -2.13. The van der Waals surface area contributed by atoms with Crippen LogP contribution in [0.15, 0.2) is 6.20 Å².